The van der Waals surface area contributed by atoms with Gasteiger partial charge in [0.1, 0.15) is 23.7 Å². The number of hydrogen-bond donors (Lipinski definition) is 1. The Morgan fingerprint density at radius 3 is 2.35 bits per heavy atom. The Labute approximate surface area is 115 Å². The highest BCUT2D eigenvalue weighted by molar-refractivity contribution is 7.89. The van der Waals surface area contributed by atoms with Gasteiger partial charge in [-0.1, -0.05) is 0 Å². The first-order valence-electron chi connectivity index (χ1n) is 5.51. The van der Waals surface area contributed by atoms with Gasteiger partial charge in [-0.25, -0.2) is 18.4 Å². The summed E-state index contributed by atoms with van der Waals surface area (Å²) in [6.07, 6.45) is 0. The molecule has 110 valence electrons. The van der Waals surface area contributed by atoms with Crippen molar-refractivity contribution in [2.24, 2.45) is 5.14 Å². The predicted octanol–water partition coefficient (Wildman–Crippen LogP) is -0.0996. The topological polar surface area (TPSA) is 114 Å². The van der Waals surface area contributed by atoms with E-state index in [2.05, 4.69) is 4.74 Å². The summed E-state index contributed by atoms with van der Waals surface area (Å²) in [6.45, 7) is 0.410. The second kappa shape index (κ2) is 5.17. The van der Waals surface area contributed by atoms with Crippen molar-refractivity contribution in [3.63, 3.8) is 0 Å². The summed E-state index contributed by atoms with van der Waals surface area (Å²) >= 11 is 0. The van der Waals surface area contributed by atoms with Crippen LogP contribution < -0.4 is 19.3 Å². The number of primary sulfonamides is 1. The fourth-order valence-corrected chi connectivity index (χ4v) is 2.54. The van der Waals surface area contributed by atoms with Gasteiger partial charge in [-0.15, -0.1) is 0 Å². The van der Waals surface area contributed by atoms with Crippen molar-refractivity contribution in [2.45, 2.75) is 4.90 Å². The van der Waals surface area contributed by atoms with Crippen molar-refractivity contribution in [1.82, 2.24) is 0 Å². The Balaban J connectivity index is 2.81. The van der Waals surface area contributed by atoms with Crippen LogP contribution in [0.4, 0.5) is 0 Å². The molecule has 20 heavy (non-hydrogen) atoms. The molecule has 0 fully saturated rings. The van der Waals surface area contributed by atoms with Gasteiger partial charge in [0.2, 0.25) is 15.8 Å². The number of hydrogen-bond acceptors (Lipinski definition) is 7. The first-order valence-corrected chi connectivity index (χ1v) is 7.06. The quantitative estimate of drug-likeness (QED) is 0.775. The minimum Gasteiger partial charge on any atom is -0.491 e. The molecule has 1 heterocycles. The number of carbonyl (C=O) groups is 1. The Kier molecular flexibility index (Phi) is 3.73. The number of benzene rings is 1. The number of sulfonamides is 1. The van der Waals surface area contributed by atoms with Crippen molar-refractivity contribution in [1.29, 1.82) is 0 Å². The second-order valence-electron chi connectivity index (χ2n) is 3.85. The summed E-state index contributed by atoms with van der Waals surface area (Å²) in [6, 6.07) is 1.05. The first-order chi connectivity index (χ1) is 9.40. The molecule has 0 saturated carbocycles. The van der Waals surface area contributed by atoms with Crippen LogP contribution in [0.3, 0.4) is 0 Å². The van der Waals surface area contributed by atoms with Crippen LogP contribution in [-0.4, -0.2) is 41.8 Å². The number of carbonyl (C=O) groups excluding carboxylic acids is 1. The van der Waals surface area contributed by atoms with E-state index in [1.165, 1.54) is 14.2 Å². The summed E-state index contributed by atoms with van der Waals surface area (Å²) in [5, 5.41) is 5.12. The molecule has 8 nitrogen and oxygen atoms in total. The first kappa shape index (κ1) is 14.4. The number of nitrogens with two attached hydrogens (primary N) is 1. The van der Waals surface area contributed by atoms with E-state index in [1.807, 2.05) is 0 Å². The van der Waals surface area contributed by atoms with Gasteiger partial charge in [0.25, 0.3) is 0 Å². The maximum atomic E-state index is 11.7. The number of methoxy groups -OCH3 is 2. The van der Waals surface area contributed by atoms with E-state index in [4.69, 9.17) is 19.3 Å². The largest absolute Gasteiger partial charge is 0.491 e. The number of fused-ring (bicyclic) bond motifs is 1. The van der Waals surface area contributed by atoms with Crippen LogP contribution in [0.2, 0.25) is 0 Å². The Bertz CT molecular complexity index is 653. The molecular weight excluding hydrogens is 290 g/mol. The van der Waals surface area contributed by atoms with Crippen LogP contribution in [0, 0.1) is 0 Å². The molecule has 0 amide bonds. The maximum absolute atomic E-state index is 11.7. The van der Waals surface area contributed by atoms with Crippen LogP contribution in [0.25, 0.3) is 0 Å². The molecular formula is C11H13NO7S. The summed E-state index contributed by atoms with van der Waals surface area (Å²) < 4.78 is 43.5. The molecule has 2 N–H and O–H groups in total. The molecule has 9 heteroatoms. The van der Waals surface area contributed by atoms with Gasteiger partial charge in [0, 0.05) is 0 Å². The Morgan fingerprint density at radius 2 is 1.85 bits per heavy atom. The predicted molar refractivity (Wildman–Crippen MR) is 66.7 cm³/mol. The summed E-state index contributed by atoms with van der Waals surface area (Å²) in [5.41, 5.74) is -0.0907. The van der Waals surface area contributed by atoms with Crippen LogP contribution in [0.15, 0.2) is 11.0 Å². The monoisotopic (exact) mass is 303 g/mol. The lowest BCUT2D eigenvalue weighted by atomic mass is 10.1. The molecule has 0 unspecified atom stereocenters. The smallest absolute Gasteiger partial charge is 0.341 e. The second-order valence-corrected chi connectivity index (χ2v) is 5.38. The average Bonchev–Trinajstić information content (AvgIpc) is 2.43. The molecule has 1 aliphatic heterocycles. The fourth-order valence-electron chi connectivity index (χ4n) is 1.83. The van der Waals surface area contributed by atoms with Gasteiger partial charge in [0.15, 0.2) is 11.5 Å². The molecule has 0 saturated heterocycles. The molecule has 1 aromatic rings. The van der Waals surface area contributed by atoms with Gasteiger partial charge >= 0.3 is 5.97 Å². The summed E-state index contributed by atoms with van der Waals surface area (Å²) in [4.78, 5) is 11.4. The zero-order valence-electron chi connectivity index (χ0n) is 10.8. The number of ether oxygens (including phenoxy) is 4. The highest BCUT2D eigenvalue weighted by Crippen LogP contribution is 2.46. The minimum absolute atomic E-state index is 0.0191. The molecule has 0 spiro atoms. The van der Waals surface area contributed by atoms with Crippen LogP contribution >= 0.6 is 0 Å². The van der Waals surface area contributed by atoms with E-state index >= 15 is 0 Å². The SMILES string of the molecule is COC(=O)c1cc(S(N)(=O)=O)c(OC)c2c1OCCO2. The van der Waals surface area contributed by atoms with Crippen molar-refractivity contribution in [2.75, 3.05) is 27.4 Å². The third kappa shape index (κ3) is 2.37. The van der Waals surface area contributed by atoms with Crippen LogP contribution in [-0.2, 0) is 14.8 Å². The van der Waals surface area contributed by atoms with Gasteiger partial charge in [-0.2, -0.15) is 0 Å². The number of rotatable bonds is 3. The van der Waals surface area contributed by atoms with Crippen molar-refractivity contribution < 1.29 is 32.2 Å². The molecule has 0 atom stereocenters. The molecule has 0 bridgehead atoms. The fraction of sp³-hybridized carbons (Fsp3) is 0.364. The molecule has 0 aromatic heterocycles. The van der Waals surface area contributed by atoms with E-state index in [0.717, 1.165) is 6.07 Å². The standard InChI is InChI=1S/C11H13NO7S/c1-16-9-7(20(12,14)15)5-6(11(13)17-2)8-10(9)19-4-3-18-8/h5H,3-4H2,1-2H3,(H2,12,14,15). The van der Waals surface area contributed by atoms with Gasteiger partial charge in [0.05, 0.1) is 14.2 Å². The minimum atomic E-state index is -4.11. The summed E-state index contributed by atoms with van der Waals surface area (Å²) in [7, 11) is -1.68. The maximum Gasteiger partial charge on any atom is 0.341 e. The van der Waals surface area contributed by atoms with Crippen LogP contribution in [0.1, 0.15) is 10.4 Å². The number of esters is 1. The molecule has 0 radical (unpaired) electrons. The normalized spacial score (nSPS) is 13.8. The van der Waals surface area contributed by atoms with Crippen LogP contribution in [0.5, 0.6) is 17.2 Å². The summed E-state index contributed by atoms with van der Waals surface area (Å²) in [5.74, 6) is -0.771. The van der Waals surface area contributed by atoms with Crippen molar-refractivity contribution >= 4 is 16.0 Å². The Morgan fingerprint density at radius 1 is 1.25 bits per heavy atom. The van der Waals surface area contributed by atoms with Crippen molar-refractivity contribution in [3.8, 4) is 17.2 Å². The molecule has 2 rings (SSSR count). The average molecular weight is 303 g/mol. The molecule has 0 aliphatic carbocycles. The third-order valence-electron chi connectivity index (χ3n) is 2.65. The van der Waals surface area contributed by atoms with E-state index in [-0.39, 0.29) is 40.9 Å². The van der Waals surface area contributed by atoms with Gasteiger partial charge < -0.3 is 18.9 Å². The zero-order chi connectivity index (χ0) is 14.9. The van der Waals surface area contributed by atoms with E-state index in [0.29, 0.717) is 0 Å². The van der Waals surface area contributed by atoms with E-state index < -0.39 is 16.0 Å². The van der Waals surface area contributed by atoms with Gasteiger partial charge in [-0.3, -0.25) is 0 Å². The third-order valence-corrected chi connectivity index (χ3v) is 3.56. The lowest BCUT2D eigenvalue weighted by Gasteiger charge is -2.23. The van der Waals surface area contributed by atoms with Crippen molar-refractivity contribution in [3.05, 3.63) is 11.6 Å². The highest BCUT2D eigenvalue weighted by Gasteiger charge is 2.31. The lowest BCUT2D eigenvalue weighted by Crippen LogP contribution is -2.22. The molecule has 1 aliphatic rings. The van der Waals surface area contributed by atoms with E-state index in [1.54, 1.807) is 0 Å². The Hall–Kier alpha value is -2.00. The zero-order valence-corrected chi connectivity index (χ0v) is 11.7. The molecule has 1 aromatic carbocycles. The highest BCUT2D eigenvalue weighted by atomic mass is 32.2. The van der Waals surface area contributed by atoms with E-state index in [9.17, 15) is 13.2 Å². The lowest BCUT2D eigenvalue weighted by molar-refractivity contribution is 0.0589. The van der Waals surface area contributed by atoms with Gasteiger partial charge in [-0.05, 0) is 6.07 Å².